The minimum Gasteiger partial charge on any atom is -0.490 e. The van der Waals surface area contributed by atoms with E-state index in [1.165, 1.54) is 0 Å². The lowest BCUT2D eigenvalue weighted by Crippen LogP contribution is -2.42. The van der Waals surface area contributed by atoms with Crippen LogP contribution in [-0.4, -0.2) is 60.7 Å². The molecule has 2 aromatic rings. The van der Waals surface area contributed by atoms with Crippen molar-refractivity contribution in [2.24, 2.45) is 0 Å². The van der Waals surface area contributed by atoms with Crippen LogP contribution in [0.3, 0.4) is 0 Å². The van der Waals surface area contributed by atoms with Crippen molar-refractivity contribution in [2.45, 2.75) is 64.5 Å². The van der Waals surface area contributed by atoms with Crippen molar-refractivity contribution in [2.75, 3.05) is 44.9 Å². The second-order valence-electron chi connectivity index (χ2n) is 9.82. The number of carbonyl (C=O) groups excluding carboxylic acids is 1. The Hall–Kier alpha value is -2.88. The molecule has 1 fully saturated rings. The SMILES string of the molecule is CCC(C)c1cc2c(cc1C(F)F)N(c1nn(C3CCOCC3)c3c1CN(C(=O)NC)CC3)CCO2. The lowest BCUT2D eigenvalue weighted by molar-refractivity contribution is 0.0651. The number of carbonyl (C=O) groups is 1. The summed E-state index contributed by atoms with van der Waals surface area (Å²) in [5.74, 6) is 1.33. The fraction of sp³-hybridized carbons (Fsp3) is 0.615. The van der Waals surface area contributed by atoms with Crippen LogP contribution in [0.1, 0.15) is 73.9 Å². The largest absolute Gasteiger partial charge is 0.490 e. The number of ether oxygens (including phenoxy) is 2. The van der Waals surface area contributed by atoms with Gasteiger partial charge in [-0.05, 0) is 42.9 Å². The molecule has 1 atom stereocenters. The minimum atomic E-state index is -2.58. The number of rotatable bonds is 5. The van der Waals surface area contributed by atoms with E-state index in [1.54, 1.807) is 24.1 Å². The zero-order valence-corrected chi connectivity index (χ0v) is 21.2. The molecule has 36 heavy (non-hydrogen) atoms. The highest BCUT2D eigenvalue weighted by atomic mass is 19.3. The van der Waals surface area contributed by atoms with Crippen molar-refractivity contribution in [3.8, 4) is 5.75 Å². The van der Waals surface area contributed by atoms with Gasteiger partial charge in [0.25, 0.3) is 6.43 Å². The number of benzene rings is 1. The molecule has 3 aliphatic rings. The van der Waals surface area contributed by atoms with Gasteiger partial charge in [0.1, 0.15) is 12.4 Å². The van der Waals surface area contributed by atoms with Gasteiger partial charge < -0.3 is 24.6 Å². The Morgan fingerprint density at radius 1 is 1.19 bits per heavy atom. The number of alkyl halides is 2. The predicted octanol–water partition coefficient (Wildman–Crippen LogP) is 4.91. The Bertz CT molecular complexity index is 1120. The minimum absolute atomic E-state index is 0.000112. The number of hydrogen-bond donors (Lipinski definition) is 1. The van der Waals surface area contributed by atoms with Crippen LogP contribution < -0.4 is 15.0 Å². The average molecular weight is 504 g/mol. The monoisotopic (exact) mass is 503 g/mol. The number of anilines is 2. The van der Waals surface area contributed by atoms with E-state index >= 15 is 0 Å². The van der Waals surface area contributed by atoms with Crippen molar-refractivity contribution in [3.63, 3.8) is 0 Å². The molecule has 10 heteroatoms. The first-order valence-corrected chi connectivity index (χ1v) is 12.9. The van der Waals surface area contributed by atoms with Crippen LogP contribution in [0.4, 0.5) is 25.1 Å². The van der Waals surface area contributed by atoms with Gasteiger partial charge in [-0.25, -0.2) is 13.6 Å². The van der Waals surface area contributed by atoms with Gasteiger partial charge in [-0.3, -0.25) is 4.68 Å². The molecule has 5 rings (SSSR count). The maximum Gasteiger partial charge on any atom is 0.317 e. The average Bonchev–Trinajstić information content (AvgIpc) is 3.30. The zero-order valence-electron chi connectivity index (χ0n) is 21.2. The van der Waals surface area contributed by atoms with E-state index in [4.69, 9.17) is 14.6 Å². The number of amides is 2. The molecule has 0 aliphatic carbocycles. The second-order valence-corrected chi connectivity index (χ2v) is 9.82. The number of hydrogen-bond acceptors (Lipinski definition) is 5. The summed E-state index contributed by atoms with van der Waals surface area (Å²) < 4.78 is 42.0. The number of nitrogens with one attached hydrogen (secondary N) is 1. The number of aromatic nitrogens is 2. The van der Waals surface area contributed by atoms with Crippen molar-refractivity contribution < 1.29 is 23.0 Å². The molecule has 1 N–H and O–H groups in total. The molecule has 4 heterocycles. The Morgan fingerprint density at radius 2 is 1.97 bits per heavy atom. The summed E-state index contributed by atoms with van der Waals surface area (Å²) in [6, 6.07) is 3.46. The normalized spacial score (nSPS) is 19.1. The predicted molar refractivity (Wildman–Crippen MR) is 132 cm³/mol. The first-order chi connectivity index (χ1) is 17.4. The van der Waals surface area contributed by atoms with Gasteiger partial charge in [-0.2, -0.15) is 5.10 Å². The van der Waals surface area contributed by atoms with Crippen LogP contribution in [0.25, 0.3) is 0 Å². The standard InChI is InChI=1S/C26H35F2N5O3/c1-4-16(2)18-14-23-22(13-19(18)24(27)28)32(9-12-36-23)25-20-15-31(26(34)29-3)8-5-21(20)33(30-25)17-6-10-35-11-7-17/h13-14,16-17,24H,4-12,15H2,1-3H3,(H,29,34). The number of fused-ring (bicyclic) bond motifs is 2. The Morgan fingerprint density at radius 3 is 2.67 bits per heavy atom. The molecule has 1 unspecified atom stereocenters. The quantitative estimate of drug-likeness (QED) is 0.628. The van der Waals surface area contributed by atoms with Gasteiger partial charge in [0.15, 0.2) is 5.82 Å². The smallest absolute Gasteiger partial charge is 0.317 e. The summed E-state index contributed by atoms with van der Waals surface area (Å²) in [6.45, 7) is 7.30. The van der Waals surface area contributed by atoms with E-state index in [-0.39, 0.29) is 23.6 Å². The molecular formula is C26H35F2N5O3. The third kappa shape index (κ3) is 4.40. The molecule has 0 radical (unpaired) electrons. The van der Waals surface area contributed by atoms with Crippen LogP contribution in [0, 0.1) is 0 Å². The molecule has 0 spiro atoms. The Labute approximate surface area is 210 Å². The van der Waals surface area contributed by atoms with Crippen LogP contribution in [-0.2, 0) is 17.7 Å². The lowest BCUT2D eigenvalue weighted by Gasteiger charge is -2.33. The number of urea groups is 1. The van der Waals surface area contributed by atoms with Crippen molar-refractivity contribution in [1.82, 2.24) is 20.0 Å². The molecule has 0 saturated carbocycles. The molecule has 3 aliphatic heterocycles. The molecule has 1 saturated heterocycles. The fourth-order valence-corrected chi connectivity index (χ4v) is 5.56. The maximum atomic E-state index is 14.2. The third-order valence-electron chi connectivity index (χ3n) is 7.76. The highest BCUT2D eigenvalue weighted by molar-refractivity contribution is 5.76. The second kappa shape index (κ2) is 10.2. The van der Waals surface area contributed by atoms with Gasteiger partial charge in [-0.1, -0.05) is 13.8 Å². The third-order valence-corrected chi connectivity index (χ3v) is 7.76. The summed E-state index contributed by atoms with van der Waals surface area (Å²) in [5.41, 5.74) is 3.39. The first-order valence-electron chi connectivity index (χ1n) is 12.9. The molecule has 0 bridgehead atoms. The molecule has 1 aromatic carbocycles. The van der Waals surface area contributed by atoms with E-state index in [0.717, 1.165) is 36.3 Å². The summed E-state index contributed by atoms with van der Waals surface area (Å²) in [4.78, 5) is 16.3. The first kappa shape index (κ1) is 24.8. The van der Waals surface area contributed by atoms with Gasteiger partial charge in [0.2, 0.25) is 0 Å². The Balaban J connectivity index is 1.61. The lowest BCUT2D eigenvalue weighted by atomic mass is 9.92. The summed E-state index contributed by atoms with van der Waals surface area (Å²) >= 11 is 0. The molecule has 2 amide bonds. The topological polar surface area (TPSA) is 71.9 Å². The van der Waals surface area contributed by atoms with E-state index in [2.05, 4.69) is 10.00 Å². The Kier molecular flexibility index (Phi) is 7.05. The van der Waals surface area contributed by atoms with Gasteiger partial charge in [0.05, 0.1) is 24.8 Å². The van der Waals surface area contributed by atoms with Crippen LogP contribution in [0.2, 0.25) is 0 Å². The van der Waals surface area contributed by atoms with E-state index in [0.29, 0.717) is 62.9 Å². The van der Waals surface area contributed by atoms with Crippen LogP contribution >= 0.6 is 0 Å². The van der Waals surface area contributed by atoms with E-state index < -0.39 is 6.43 Å². The van der Waals surface area contributed by atoms with E-state index in [9.17, 15) is 13.6 Å². The highest BCUT2D eigenvalue weighted by Crippen LogP contribution is 2.45. The molecule has 8 nitrogen and oxygen atoms in total. The molecule has 196 valence electrons. The summed E-state index contributed by atoms with van der Waals surface area (Å²) in [6.07, 6.45) is 0.626. The van der Waals surface area contributed by atoms with Crippen LogP contribution in [0.15, 0.2) is 12.1 Å². The van der Waals surface area contributed by atoms with Gasteiger partial charge in [0, 0.05) is 50.0 Å². The number of halogens is 2. The van der Waals surface area contributed by atoms with Crippen molar-refractivity contribution >= 4 is 17.5 Å². The van der Waals surface area contributed by atoms with Crippen LogP contribution in [0.5, 0.6) is 5.75 Å². The summed E-state index contributed by atoms with van der Waals surface area (Å²) in [7, 11) is 1.63. The zero-order chi connectivity index (χ0) is 25.4. The molecule has 1 aromatic heterocycles. The maximum absolute atomic E-state index is 14.2. The fourth-order valence-electron chi connectivity index (χ4n) is 5.56. The van der Waals surface area contributed by atoms with E-state index in [1.807, 2.05) is 18.7 Å². The van der Waals surface area contributed by atoms with Crippen molar-refractivity contribution in [3.05, 3.63) is 34.5 Å². The van der Waals surface area contributed by atoms with Gasteiger partial charge in [-0.15, -0.1) is 0 Å². The van der Waals surface area contributed by atoms with Gasteiger partial charge >= 0.3 is 6.03 Å². The summed E-state index contributed by atoms with van der Waals surface area (Å²) in [5, 5.41) is 7.81. The highest BCUT2D eigenvalue weighted by Gasteiger charge is 2.35. The molecular weight excluding hydrogens is 468 g/mol. The van der Waals surface area contributed by atoms with Crippen molar-refractivity contribution in [1.29, 1.82) is 0 Å². The number of nitrogens with zero attached hydrogens (tertiary/aromatic N) is 4.